The summed E-state index contributed by atoms with van der Waals surface area (Å²) < 4.78 is 0. The van der Waals surface area contributed by atoms with Crippen molar-refractivity contribution in [1.29, 1.82) is 0 Å². The van der Waals surface area contributed by atoms with Gasteiger partial charge in [-0.15, -0.1) is 0 Å². The molecule has 8 nitrogen and oxygen atoms in total. The van der Waals surface area contributed by atoms with Gasteiger partial charge in [-0.3, -0.25) is 14.4 Å². The van der Waals surface area contributed by atoms with Gasteiger partial charge in [0.25, 0.3) is 11.8 Å². The van der Waals surface area contributed by atoms with E-state index < -0.39 is 0 Å². The lowest BCUT2D eigenvalue weighted by atomic mass is 10.1. The molecule has 3 aromatic rings. The van der Waals surface area contributed by atoms with Crippen LogP contribution in [-0.2, 0) is 11.2 Å². The zero-order valence-electron chi connectivity index (χ0n) is 24.3. The average Bonchev–Trinajstić information content (AvgIpc) is 2.97. The molecule has 3 aromatic carbocycles. The molecule has 1 saturated heterocycles. The Balaban J connectivity index is 1.49. The smallest absolute Gasteiger partial charge is 0.255 e. The predicted octanol–water partition coefficient (Wildman–Crippen LogP) is 5.13. The van der Waals surface area contributed by atoms with Crippen molar-refractivity contribution in [3.05, 3.63) is 93.0 Å². The first-order chi connectivity index (χ1) is 20.1. The van der Waals surface area contributed by atoms with E-state index in [1.807, 2.05) is 55.1 Å². The third-order valence-electron chi connectivity index (χ3n) is 7.23. The van der Waals surface area contributed by atoms with E-state index in [-0.39, 0.29) is 17.7 Å². The maximum absolute atomic E-state index is 13.2. The molecule has 1 heterocycles. The second kappa shape index (κ2) is 14.5. The average molecular weight is 611 g/mol. The second-order valence-corrected chi connectivity index (χ2v) is 11.6. The summed E-state index contributed by atoms with van der Waals surface area (Å²) in [6, 6.07) is 17.9. The lowest BCUT2D eigenvalue weighted by Crippen LogP contribution is -2.49. The molecule has 0 unspecified atom stereocenters. The summed E-state index contributed by atoms with van der Waals surface area (Å²) in [4.78, 5) is 44.9. The van der Waals surface area contributed by atoms with Gasteiger partial charge in [0.1, 0.15) is 0 Å². The van der Waals surface area contributed by atoms with Crippen LogP contribution in [0.25, 0.3) is 0 Å². The first-order valence-corrected chi connectivity index (χ1v) is 14.8. The highest BCUT2D eigenvalue weighted by molar-refractivity contribution is 6.31. The number of piperazine rings is 1. The van der Waals surface area contributed by atoms with E-state index >= 15 is 0 Å². The SMILES string of the molecule is Cc1ccc(CCNC(=O)c2ccc(N3CCN(C(=O)CCN(C)C)CC3)c(NC(=O)c3cccc(Cl)c3)c2)c(Cl)c1. The minimum Gasteiger partial charge on any atom is -0.366 e. The first kappa shape index (κ1) is 31.3. The minimum absolute atomic E-state index is 0.136. The summed E-state index contributed by atoms with van der Waals surface area (Å²) in [6.07, 6.45) is 1.08. The van der Waals surface area contributed by atoms with E-state index in [0.717, 1.165) is 16.8 Å². The summed E-state index contributed by atoms with van der Waals surface area (Å²) in [5.41, 5.74) is 4.18. The maximum Gasteiger partial charge on any atom is 0.255 e. The fourth-order valence-electron chi connectivity index (χ4n) is 4.82. The van der Waals surface area contributed by atoms with Crippen molar-refractivity contribution in [3.63, 3.8) is 0 Å². The number of halogens is 2. The van der Waals surface area contributed by atoms with E-state index in [0.29, 0.717) is 79.0 Å². The van der Waals surface area contributed by atoms with Crippen LogP contribution in [0.4, 0.5) is 11.4 Å². The largest absolute Gasteiger partial charge is 0.366 e. The molecule has 0 spiro atoms. The molecule has 2 N–H and O–H groups in total. The summed E-state index contributed by atoms with van der Waals surface area (Å²) in [5.74, 6) is -0.445. The summed E-state index contributed by atoms with van der Waals surface area (Å²) in [5, 5.41) is 7.08. The standard InChI is InChI=1S/C32H37Cl2N5O3/c1-22-7-8-23(27(34)19-22)11-13-35-31(41)25-9-10-29(28(21-25)36-32(42)24-5-4-6-26(33)20-24)38-15-17-39(18-16-38)30(40)12-14-37(2)3/h4-10,19-21H,11-18H2,1-3H3,(H,35,41)(H,36,42). The Morgan fingerprint density at radius 2 is 1.62 bits per heavy atom. The van der Waals surface area contributed by atoms with Crippen molar-refractivity contribution >= 4 is 52.3 Å². The van der Waals surface area contributed by atoms with Gasteiger partial charge in [0.2, 0.25) is 5.91 Å². The number of nitrogens with one attached hydrogen (secondary N) is 2. The number of anilines is 2. The summed E-state index contributed by atoms with van der Waals surface area (Å²) in [6.45, 7) is 5.48. The third kappa shape index (κ3) is 8.47. The number of carbonyl (C=O) groups is 3. The van der Waals surface area contributed by atoms with Crippen LogP contribution in [0.1, 0.15) is 38.3 Å². The molecule has 0 radical (unpaired) electrons. The van der Waals surface area contributed by atoms with Crippen LogP contribution in [0.3, 0.4) is 0 Å². The normalized spacial score (nSPS) is 13.3. The molecule has 3 amide bonds. The topological polar surface area (TPSA) is 85.0 Å². The van der Waals surface area contributed by atoms with Crippen molar-refractivity contribution in [2.45, 2.75) is 19.8 Å². The minimum atomic E-state index is -0.331. The fraction of sp³-hybridized carbons (Fsp3) is 0.344. The number of hydrogen-bond donors (Lipinski definition) is 2. The number of nitrogens with zero attached hydrogens (tertiary/aromatic N) is 3. The first-order valence-electron chi connectivity index (χ1n) is 14.0. The Labute approximate surface area is 257 Å². The van der Waals surface area contributed by atoms with Gasteiger partial charge in [0, 0.05) is 66.9 Å². The summed E-state index contributed by atoms with van der Waals surface area (Å²) in [7, 11) is 3.90. The number of rotatable bonds is 10. The van der Waals surface area contributed by atoms with Crippen LogP contribution in [0, 0.1) is 6.92 Å². The van der Waals surface area contributed by atoms with Gasteiger partial charge in [-0.25, -0.2) is 0 Å². The Kier molecular flexibility index (Phi) is 10.8. The Morgan fingerprint density at radius 3 is 2.31 bits per heavy atom. The number of carbonyl (C=O) groups excluding carboxylic acids is 3. The lowest BCUT2D eigenvalue weighted by Gasteiger charge is -2.37. The van der Waals surface area contributed by atoms with Crippen LogP contribution in [-0.4, -0.2) is 80.9 Å². The molecule has 10 heteroatoms. The van der Waals surface area contributed by atoms with Crippen molar-refractivity contribution in [2.24, 2.45) is 0 Å². The molecular weight excluding hydrogens is 573 g/mol. The van der Waals surface area contributed by atoms with Crippen LogP contribution < -0.4 is 15.5 Å². The molecule has 4 rings (SSSR count). The Hall–Kier alpha value is -3.59. The molecule has 0 aromatic heterocycles. The fourth-order valence-corrected chi connectivity index (χ4v) is 5.34. The molecule has 0 saturated carbocycles. The molecule has 1 aliphatic rings. The van der Waals surface area contributed by atoms with E-state index in [2.05, 4.69) is 15.5 Å². The number of benzene rings is 3. The molecule has 42 heavy (non-hydrogen) atoms. The van der Waals surface area contributed by atoms with Gasteiger partial charge in [-0.1, -0.05) is 41.4 Å². The Bertz CT molecular complexity index is 1440. The van der Waals surface area contributed by atoms with Gasteiger partial charge in [0.15, 0.2) is 0 Å². The number of aryl methyl sites for hydroxylation is 1. The van der Waals surface area contributed by atoms with E-state index in [9.17, 15) is 14.4 Å². The van der Waals surface area contributed by atoms with Crippen LogP contribution in [0.2, 0.25) is 10.0 Å². The third-order valence-corrected chi connectivity index (χ3v) is 7.82. The molecule has 0 atom stereocenters. The Morgan fingerprint density at radius 1 is 0.881 bits per heavy atom. The zero-order chi connectivity index (χ0) is 30.2. The van der Waals surface area contributed by atoms with Crippen LogP contribution >= 0.6 is 23.2 Å². The van der Waals surface area contributed by atoms with Gasteiger partial charge in [0.05, 0.1) is 11.4 Å². The molecule has 0 bridgehead atoms. The van der Waals surface area contributed by atoms with Crippen molar-refractivity contribution in [3.8, 4) is 0 Å². The van der Waals surface area contributed by atoms with E-state index in [4.69, 9.17) is 23.2 Å². The number of hydrogen-bond acceptors (Lipinski definition) is 5. The van der Waals surface area contributed by atoms with E-state index in [1.54, 1.807) is 36.4 Å². The molecule has 222 valence electrons. The predicted molar refractivity (Wildman–Crippen MR) is 170 cm³/mol. The molecule has 1 fully saturated rings. The van der Waals surface area contributed by atoms with Crippen molar-refractivity contribution < 1.29 is 14.4 Å². The monoisotopic (exact) mass is 609 g/mol. The number of amides is 3. The molecular formula is C32H37Cl2N5O3. The second-order valence-electron chi connectivity index (χ2n) is 10.7. The van der Waals surface area contributed by atoms with Crippen LogP contribution in [0.5, 0.6) is 0 Å². The summed E-state index contributed by atoms with van der Waals surface area (Å²) >= 11 is 12.5. The van der Waals surface area contributed by atoms with Crippen molar-refractivity contribution in [2.75, 3.05) is 63.6 Å². The van der Waals surface area contributed by atoms with Crippen LogP contribution in [0.15, 0.2) is 60.7 Å². The van der Waals surface area contributed by atoms with Gasteiger partial charge in [-0.2, -0.15) is 0 Å². The molecule has 0 aliphatic carbocycles. The highest BCUT2D eigenvalue weighted by Crippen LogP contribution is 2.29. The maximum atomic E-state index is 13.2. The zero-order valence-corrected chi connectivity index (χ0v) is 25.8. The van der Waals surface area contributed by atoms with Gasteiger partial charge >= 0.3 is 0 Å². The van der Waals surface area contributed by atoms with E-state index in [1.165, 1.54) is 0 Å². The highest BCUT2D eigenvalue weighted by atomic mass is 35.5. The highest BCUT2D eigenvalue weighted by Gasteiger charge is 2.24. The van der Waals surface area contributed by atoms with Gasteiger partial charge < -0.3 is 25.3 Å². The van der Waals surface area contributed by atoms with Crippen molar-refractivity contribution in [1.82, 2.24) is 15.1 Å². The van der Waals surface area contributed by atoms with Gasteiger partial charge in [-0.05, 0) is 81.0 Å². The quantitative estimate of drug-likeness (QED) is 0.333. The molecule has 1 aliphatic heterocycles. The lowest BCUT2D eigenvalue weighted by molar-refractivity contribution is -0.131.